The van der Waals surface area contributed by atoms with E-state index in [2.05, 4.69) is 21.2 Å². The third-order valence-corrected chi connectivity index (χ3v) is 5.84. The number of hydrogen-bond acceptors (Lipinski definition) is 4. The van der Waals surface area contributed by atoms with Gasteiger partial charge in [0.25, 0.3) is 0 Å². The Morgan fingerprint density at radius 1 is 1.07 bits per heavy atom. The zero-order valence-corrected chi connectivity index (χ0v) is 19.0. The van der Waals surface area contributed by atoms with Crippen LogP contribution in [0.2, 0.25) is 10.0 Å². The van der Waals surface area contributed by atoms with E-state index < -0.39 is 5.97 Å². The summed E-state index contributed by atoms with van der Waals surface area (Å²) in [7, 11) is 1.58. The van der Waals surface area contributed by atoms with E-state index >= 15 is 0 Å². The summed E-state index contributed by atoms with van der Waals surface area (Å²) in [5.74, 6) is 0.221. The maximum atomic E-state index is 11.0. The van der Waals surface area contributed by atoms with Crippen molar-refractivity contribution in [3.8, 4) is 11.5 Å². The Hall–Kier alpha value is -2.41. The summed E-state index contributed by atoms with van der Waals surface area (Å²) in [6.07, 6.45) is 0. The molecule has 0 aliphatic carbocycles. The molecule has 0 amide bonds. The average Bonchev–Trinajstić information content (AvgIpc) is 2.74. The van der Waals surface area contributed by atoms with Gasteiger partial charge < -0.3 is 19.9 Å². The lowest BCUT2D eigenvalue weighted by Crippen LogP contribution is -2.06. The normalized spacial score (nSPS) is 10.5. The average molecular weight is 511 g/mol. The van der Waals surface area contributed by atoms with Gasteiger partial charge in [0.1, 0.15) is 6.61 Å². The van der Waals surface area contributed by atoms with Gasteiger partial charge >= 0.3 is 5.97 Å². The number of halogens is 3. The van der Waals surface area contributed by atoms with Gasteiger partial charge in [-0.25, -0.2) is 4.79 Å². The van der Waals surface area contributed by atoms with E-state index in [1.807, 2.05) is 18.2 Å². The number of carboxylic acid groups (broad SMARTS) is 1. The fourth-order valence-corrected chi connectivity index (χ4v) is 3.55. The van der Waals surface area contributed by atoms with Gasteiger partial charge in [-0.05, 0) is 54.1 Å². The van der Waals surface area contributed by atoms with E-state index in [-0.39, 0.29) is 12.2 Å². The molecule has 0 spiro atoms. The zero-order valence-electron chi connectivity index (χ0n) is 15.9. The number of anilines is 1. The highest BCUT2D eigenvalue weighted by molar-refractivity contribution is 9.10. The number of methoxy groups -OCH3 is 1. The monoisotopic (exact) mass is 509 g/mol. The van der Waals surface area contributed by atoms with Crippen LogP contribution in [-0.2, 0) is 13.2 Å². The minimum Gasteiger partial charge on any atom is -0.493 e. The second-order valence-corrected chi connectivity index (χ2v) is 8.00. The van der Waals surface area contributed by atoms with Crippen LogP contribution in [-0.4, -0.2) is 18.2 Å². The topological polar surface area (TPSA) is 67.8 Å². The first-order chi connectivity index (χ1) is 14.4. The minimum atomic E-state index is -0.963. The van der Waals surface area contributed by atoms with Crippen LogP contribution in [0.15, 0.2) is 59.1 Å². The predicted octanol–water partition coefficient (Wildman–Crippen LogP) is 6.65. The van der Waals surface area contributed by atoms with Crippen LogP contribution >= 0.6 is 39.1 Å². The largest absolute Gasteiger partial charge is 0.493 e. The lowest BCUT2D eigenvalue weighted by atomic mass is 10.1. The van der Waals surface area contributed by atoms with Crippen LogP contribution in [0.5, 0.6) is 11.5 Å². The van der Waals surface area contributed by atoms with Gasteiger partial charge in [0.15, 0.2) is 11.5 Å². The van der Waals surface area contributed by atoms with Crippen LogP contribution in [0.4, 0.5) is 5.69 Å². The third-order valence-electron chi connectivity index (χ3n) is 4.36. The molecule has 5 nitrogen and oxygen atoms in total. The number of hydrogen-bond donors (Lipinski definition) is 2. The van der Waals surface area contributed by atoms with Crippen LogP contribution in [0.3, 0.4) is 0 Å². The Balaban J connectivity index is 1.80. The lowest BCUT2D eigenvalue weighted by Gasteiger charge is -2.18. The first-order valence-electron chi connectivity index (χ1n) is 8.88. The molecule has 156 valence electrons. The van der Waals surface area contributed by atoms with E-state index in [0.717, 1.165) is 21.3 Å². The highest BCUT2D eigenvalue weighted by atomic mass is 79.9. The molecule has 3 aromatic carbocycles. The maximum absolute atomic E-state index is 11.0. The molecule has 0 saturated heterocycles. The van der Waals surface area contributed by atoms with Crippen LogP contribution < -0.4 is 14.8 Å². The molecule has 0 aliphatic rings. The van der Waals surface area contributed by atoms with E-state index in [1.165, 1.54) is 0 Å². The molecule has 0 fully saturated rings. The van der Waals surface area contributed by atoms with Gasteiger partial charge in [-0.1, -0.05) is 45.2 Å². The lowest BCUT2D eigenvalue weighted by molar-refractivity contribution is 0.0697. The zero-order chi connectivity index (χ0) is 21.7. The van der Waals surface area contributed by atoms with Crippen molar-refractivity contribution in [1.29, 1.82) is 0 Å². The number of carbonyl (C=O) groups is 1. The van der Waals surface area contributed by atoms with Gasteiger partial charge in [-0.15, -0.1) is 0 Å². The first-order valence-corrected chi connectivity index (χ1v) is 10.4. The van der Waals surface area contributed by atoms with Crippen molar-refractivity contribution in [1.82, 2.24) is 0 Å². The Labute approximate surface area is 192 Å². The summed E-state index contributed by atoms with van der Waals surface area (Å²) in [5.41, 5.74) is 2.74. The van der Waals surface area contributed by atoms with Gasteiger partial charge in [0.2, 0.25) is 0 Å². The molecule has 0 aliphatic heterocycles. The number of nitrogens with one attached hydrogen (secondary N) is 1. The summed E-state index contributed by atoms with van der Waals surface area (Å²) in [5, 5.41) is 13.3. The van der Waals surface area contributed by atoms with Gasteiger partial charge in [-0.2, -0.15) is 0 Å². The summed E-state index contributed by atoms with van der Waals surface area (Å²) in [6, 6.07) is 15.6. The molecule has 0 radical (unpaired) electrons. The van der Waals surface area contributed by atoms with Crippen molar-refractivity contribution in [2.45, 2.75) is 13.2 Å². The summed E-state index contributed by atoms with van der Waals surface area (Å²) in [6.45, 7) is 0.713. The smallest absolute Gasteiger partial charge is 0.335 e. The van der Waals surface area contributed by atoms with E-state index in [9.17, 15) is 4.79 Å². The molecule has 2 N–H and O–H groups in total. The highest BCUT2D eigenvalue weighted by Crippen LogP contribution is 2.37. The fraction of sp³-hybridized carbons (Fsp3) is 0.136. The molecule has 3 rings (SSSR count). The molecule has 30 heavy (non-hydrogen) atoms. The first kappa shape index (κ1) is 22.3. The molecule has 3 aromatic rings. The molecule has 0 heterocycles. The van der Waals surface area contributed by atoms with Gasteiger partial charge in [0.05, 0.1) is 22.7 Å². The maximum Gasteiger partial charge on any atom is 0.335 e. The molecular weight excluding hydrogens is 493 g/mol. The Morgan fingerprint density at radius 3 is 2.43 bits per heavy atom. The van der Waals surface area contributed by atoms with Crippen LogP contribution in [0, 0.1) is 0 Å². The molecule has 0 bridgehead atoms. The molecular formula is C22H18BrCl2NO4. The Kier molecular flexibility index (Phi) is 7.48. The van der Waals surface area contributed by atoms with Crippen molar-refractivity contribution >= 4 is 50.8 Å². The third kappa shape index (κ3) is 5.39. The summed E-state index contributed by atoms with van der Waals surface area (Å²) < 4.78 is 12.4. The molecule has 0 unspecified atom stereocenters. The van der Waals surface area contributed by atoms with Gasteiger partial charge in [0, 0.05) is 22.3 Å². The fourth-order valence-electron chi connectivity index (χ4n) is 2.77. The van der Waals surface area contributed by atoms with Crippen molar-refractivity contribution < 1.29 is 19.4 Å². The highest BCUT2D eigenvalue weighted by Gasteiger charge is 2.15. The number of rotatable bonds is 8. The minimum absolute atomic E-state index is 0.230. The van der Waals surface area contributed by atoms with E-state index in [1.54, 1.807) is 43.5 Å². The van der Waals surface area contributed by atoms with Crippen LogP contribution in [0.25, 0.3) is 0 Å². The molecule has 0 atom stereocenters. The van der Waals surface area contributed by atoms with Crippen molar-refractivity contribution in [2.75, 3.05) is 12.4 Å². The second kappa shape index (κ2) is 10.1. The molecule has 0 saturated carbocycles. The number of aromatic carboxylic acids is 1. The van der Waals surface area contributed by atoms with Crippen molar-refractivity contribution in [2.24, 2.45) is 0 Å². The van der Waals surface area contributed by atoms with Gasteiger partial charge in [-0.3, -0.25) is 0 Å². The predicted molar refractivity (Wildman–Crippen MR) is 122 cm³/mol. The SMILES string of the molecule is COc1ccc(Br)c(CNc2ccc(C(=O)O)cc2)c1OCc1ccc(Cl)c(Cl)c1. The number of ether oxygens (including phenoxy) is 2. The van der Waals surface area contributed by atoms with Crippen LogP contribution in [0.1, 0.15) is 21.5 Å². The standard InChI is InChI=1S/C22H18BrCl2NO4/c1-29-20-9-7-17(23)16(11-26-15-5-3-14(4-6-15)22(27)28)21(20)30-12-13-2-8-18(24)19(25)10-13/h2-10,26H,11-12H2,1H3,(H,27,28). The van der Waals surface area contributed by atoms with E-state index in [0.29, 0.717) is 28.1 Å². The Morgan fingerprint density at radius 2 is 1.80 bits per heavy atom. The Bertz CT molecular complexity index is 1060. The van der Waals surface area contributed by atoms with Crippen molar-refractivity contribution in [3.05, 3.63) is 85.8 Å². The summed E-state index contributed by atoms with van der Waals surface area (Å²) in [4.78, 5) is 11.0. The second-order valence-electron chi connectivity index (χ2n) is 6.33. The quantitative estimate of drug-likeness (QED) is 0.355. The number of carboxylic acids is 1. The molecule has 0 aromatic heterocycles. The summed E-state index contributed by atoms with van der Waals surface area (Å²) >= 11 is 15.6. The molecule has 8 heteroatoms. The van der Waals surface area contributed by atoms with Crippen molar-refractivity contribution in [3.63, 3.8) is 0 Å². The number of benzene rings is 3. The van der Waals surface area contributed by atoms with E-state index in [4.69, 9.17) is 37.8 Å².